The molecule has 0 saturated heterocycles. The van der Waals surface area contributed by atoms with Gasteiger partial charge in [-0.3, -0.25) is 4.79 Å². The van der Waals surface area contributed by atoms with Gasteiger partial charge in [-0.15, -0.1) is 0 Å². The van der Waals surface area contributed by atoms with Crippen molar-refractivity contribution in [2.45, 2.75) is 25.6 Å². The van der Waals surface area contributed by atoms with Gasteiger partial charge in [-0.05, 0) is 48.1 Å². The predicted octanol–water partition coefficient (Wildman–Crippen LogP) is 3.92. The van der Waals surface area contributed by atoms with Crippen molar-refractivity contribution in [1.29, 1.82) is 0 Å². The van der Waals surface area contributed by atoms with Crippen LogP contribution in [0.2, 0.25) is 0 Å². The first kappa shape index (κ1) is 6.10. The summed E-state index contributed by atoms with van der Waals surface area (Å²) in [6.45, 7) is -6.59. The summed E-state index contributed by atoms with van der Waals surface area (Å²) < 4.78 is 134. The Hall–Kier alpha value is -2.07. The summed E-state index contributed by atoms with van der Waals surface area (Å²) in [5.74, 6) is -5.26. The maximum absolute atomic E-state index is 13.0. The SMILES string of the molecule is [2H]c1c([C@]([2H])(C)C(=O)OC([2H])([2H])C([2H])([2H])C([2H])([2H])C([2H])([2H])OC)c([2H])c2c([2H])c([2H])c(OC)c([2H])c2c1[2H]. The van der Waals surface area contributed by atoms with Crippen LogP contribution in [0.25, 0.3) is 10.8 Å². The fourth-order valence-electron chi connectivity index (χ4n) is 1.50. The average molecular weight is 331 g/mol. The van der Waals surface area contributed by atoms with Crippen LogP contribution >= 0.6 is 0 Å². The van der Waals surface area contributed by atoms with E-state index in [0.717, 1.165) is 14.0 Å². The molecule has 0 amide bonds. The molecule has 124 valence electrons. The molecule has 0 bridgehead atoms. The van der Waals surface area contributed by atoms with Crippen LogP contribution in [0.5, 0.6) is 5.75 Å². The molecule has 1 atom stereocenters. The smallest absolute Gasteiger partial charge is 0.313 e. The second-order valence-electron chi connectivity index (χ2n) is 4.08. The summed E-state index contributed by atoms with van der Waals surface area (Å²) in [4.78, 5) is 13.0. The zero-order valence-corrected chi connectivity index (χ0v) is 12.6. The number of fused-ring (bicyclic) bond motifs is 1. The maximum atomic E-state index is 13.0. The highest BCUT2D eigenvalue weighted by atomic mass is 16.5. The van der Waals surface area contributed by atoms with Crippen LogP contribution in [0.4, 0.5) is 0 Å². The van der Waals surface area contributed by atoms with Crippen molar-refractivity contribution in [3.05, 3.63) is 41.8 Å². The Morgan fingerprint density at radius 3 is 2.61 bits per heavy atom. The van der Waals surface area contributed by atoms with Crippen molar-refractivity contribution < 1.29 is 39.6 Å². The number of ether oxygens (including phenoxy) is 3. The van der Waals surface area contributed by atoms with Crippen LogP contribution < -0.4 is 4.74 Å². The van der Waals surface area contributed by atoms with Gasteiger partial charge in [0.1, 0.15) is 5.75 Å². The Morgan fingerprint density at radius 1 is 1.17 bits per heavy atom. The van der Waals surface area contributed by atoms with Crippen LogP contribution in [0.1, 0.15) is 51.7 Å². The van der Waals surface area contributed by atoms with Gasteiger partial charge in [0.25, 0.3) is 0 Å². The summed E-state index contributed by atoms with van der Waals surface area (Å²) in [7, 11) is 1.82. The fraction of sp³-hybridized carbons (Fsp3) is 0.421. The third-order valence-electron chi connectivity index (χ3n) is 2.65. The van der Waals surface area contributed by atoms with Crippen LogP contribution in [-0.4, -0.2) is 33.3 Å². The number of methoxy groups -OCH3 is 2. The summed E-state index contributed by atoms with van der Waals surface area (Å²) in [6, 6.07) is -4.58. The minimum atomic E-state index is -3.93. The van der Waals surface area contributed by atoms with Crippen molar-refractivity contribution in [1.82, 2.24) is 0 Å². The topological polar surface area (TPSA) is 44.8 Å². The Kier molecular flexibility index (Phi) is 2.26. The van der Waals surface area contributed by atoms with E-state index in [1.54, 1.807) is 0 Å². The van der Waals surface area contributed by atoms with Gasteiger partial charge in [0, 0.05) is 20.5 Å². The lowest BCUT2D eigenvalue weighted by Gasteiger charge is -2.13. The standard InChI is InChI=1S/C19H24O4/c1-14(19(20)23-11-5-4-10-21-2)15-6-7-17-13-18(22-3)9-8-16(17)12-15/h6-9,12-14H,4-5,10-11H2,1-3H3/t14-/m0/s1/i4D2,5D2,6D,7D,8D,9D,10D2,11D2,12D,13D,14D. The van der Waals surface area contributed by atoms with E-state index in [1.165, 1.54) is 0 Å². The van der Waals surface area contributed by atoms with Gasteiger partial charge in [0.05, 0.1) is 33.3 Å². The second-order valence-corrected chi connectivity index (χ2v) is 4.08. The van der Waals surface area contributed by atoms with Crippen molar-refractivity contribution in [3.63, 3.8) is 0 Å². The van der Waals surface area contributed by atoms with E-state index >= 15 is 0 Å². The minimum Gasteiger partial charge on any atom is -0.497 e. The highest BCUT2D eigenvalue weighted by Gasteiger charge is 2.17. The molecule has 4 nitrogen and oxygen atoms in total. The lowest BCUT2D eigenvalue weighted by molar-refractivity contribution is -0.145. The third-order valence-corrected chi connectivity index (χ3v) is 2.65. The highest BCUT2D eigenvalue weighted by molar-refractivity contribution is 5.86. The Labute approximate surface area is 158 Å². The number of rotatable bonds is 8. The van der Waals surface area contributed by atoms with Crippen LogP contribution in [0, 0.1) is 0 Å². The third kappa shape index (κ3) is 4.70. The van der Waals surface area contributed by atoms with Gasteiger partial charge in [-0.25, -0.2) is 0 Å². The van der Waals surface area contributed by atoms with E-state index in [0.29, 0.717) is 7.11 Å². The Bertz CT molecular complexity index is 1290. The molecule has 2 aromatic carbocycles. The van der Waals surface area contributed by atoms with E-state index < -0.39 is 96.1 Å². The van der Waals surface area contributed by atoms with Gasteiger partial charge in [-0.1, -0.05) is 24.2 Å². The van der Waals surface area contributed by atoms with Crippen molar-refractivity contribution in [3.8, 4) is 5.75 Å². The summed E-state index contributed by atoms with van der Waals surface area (Å²) in [6.07, 6.45) is -7.66. The summed E-state index contributed by atoms with van der Waals surface area (Å²) in [5, 5.41) is -0.974. The van der Waals surface area contributed by atoms with Gasteiger partial charge >= 0.3 is 5.97 Å². The molecule has 0 N–H and O–H groups in total. The van der Waals surface area contributed by atoms with Crippen LogP contribution in [0.3, 0.4) is 0 Å². The van der Waals surface area contributed by atoms with Gasteiger partial charge in [0.2, 0.25) is 0 Å². The fourth-order valence-corrected chi connectivity index (χ4v) is 1.50. The molecule has 0 aliphatic rings. The number of benzene rings is 2. The first-order chi connectivity index (χ1) is 17.0. The summed E-state index contributed by atoms with van der Waals surface area (Å²) in [5.41, 5.74) is -0.885. The second kappa shape index (κ2) is 8.53. The molecule has 0 aliphatic heterocycles. The molecule has 2 aromatic rings. The number of carbonyl (C=O) groups is 1. The average Bonchev–Trinajstić information content (AvgIpc) is 2.79. The molecule has 4 heteroatoms. The molecule has 0 heterocycles. The molecule has 0 fully saturated rings. The Balaban J connectivity index is 2.75. The lowest BCUT2D eigenvalue weighted by atomic mass is 9.98. The molecule has 0 radical (unpaired) electrons. The van der Waals surface area contributed by atoms with Crippen LogP contribution in [0.15, 0.2) is 36.3 Å². The highest BCUT2D eigenvalue weighted by Crippen LogP contribution is 2.25. The van der Waals surface area contributed by atoms with Gasteiger partial charge in [0.15, 0.2) is 0 Å². The van der Waals surface area contributed by atoms with Gasteiger partial charge in [-0.2, -0.15) is 0 Å². The molecule has 0 spiro atoms. The molecule has 0 aromatic heterocycles. The molecular weight excluding hydrogens is 292 g/mol. The van der Waals surface area contributed by atoms with E-state index in [-0.39, 0.29) is 0 Å². The minimum absolute atomic E-state index is 0.406. The van der Waals surface area contributed by atoms with E-state index in [1.807, 2.05) is 0 Å². The number of carbonyl (C=O) groups excluding carboxylic acids is 1. The van der Waals surface area contributed by atoms with E-state index in [4.69, 9.17) is 25.3 Å². The molecule has 0 unspecified atom stereocenters. The lowest BCUT2D eigenvalue weighted by Crippen LogP contribution is -2.14. The number of esters is 1. The zero-order valence-electron chi connectivity index (χ0n) is 27.6. The molecule has 0 saturated carbocycles. The van der Waals surface area contributed by atoms with Crippen molar-refractivity contribution in [2.24, 2.45) is 0 Å². The van der Waals surface area contributed by atoms with E-state index in [2.05, 4.69) is 9.47 Å². The zero-order chi connectivity index (χ0) is 30.0. The maximum Gasteiger partial charge on any atom is 0.313 e. The van der Waals surface area contributed by atoms with Crippen molar-refractivity contribution in [2.75, 3.05) is 27.3 Å². The largest absolute Gasteiger partial charge is 0.497 e. The van der Waals surface area contributed by atoms with Crippen molar-refractivity contribution >= 4 is 16.7 Å². The molecule has 2 rings (SSSR count). The normalized spacial score (nSPS) is 25.4. The van der Waals surface area contributed by atoms with E-state index in [9.17, 15) is 4.79 Å². The molecule has 0 aliphatic carbocycles. The molecular formula is C19H24O4. The number of hydrogen-bond acceptors (Lipinski definition) is 4. The number of hydrogen-bond donors (Lipinski definition) is 0. The molecule has 23 heavy (non-hydrogen) atoms. The summed E-state index contributed by atoms with van der Waals surface area (Å²) >= 11 is 0. The first-order valence-electron chi connectivity index (χ1n) is 13.8. The van der Waals surface area contributed by atoms with Gasteiger partial charge < -0.3 is 14.2 Å². The van der Waals surface area contributed by atoms with Crippen LogP contribution in [-0.2, 0) is 14.3 Å². The monoisotopic (exact) mass is 331 g/mol. The predicted molar refractivity (Wildman–Crippen MR) is 91.0 cm³/mol. The quantitative estimate of drug-likeness (QED) is 0.688. The Morgan fingerprint density at radius 2 is 1.87 bits per heavy atom. The first-order valence-corrected chi connectivity index (χ1v) is 6.34.